The van der Waals surface area contributed by atoms with E-state index in [1.807, 2.05) is 0 Å². The summed E-state index contributed by atoms with van der Waals surface area (Å²) in [6.45, 7) is 4.74. The second kappa shape index (κ2) is 14.6. The first kappa shape index (κ1) is 36.9. The highest BCUT2D eigenvalue weighted by atomic mass is 15.2. The average molecular weight is 805 g/mol. The quantitative estimate of drug-likeness (QED) is 0.156. The van der Waals surface area contributed by atoms with Gasteiger partial charge in [-0.2, -0.15) is 0 Å². The highest BCUT2D eigenvalue weighted by molar-refractivity contribution is 6.23. The fourth-order valence-corrected chi connectivity index (χ4v) is 10.3. The highest BCUT2D eigenvalue weighted by Crippen LogP contribution is 2.53. The second-order valence-electron chi connectivity index (χ2n) is 17.3. The van der Waals surface area contributed by atoms with E-state index in [1.54, 1.807) is 0 Å². The first-order valence-corrected chi connectivity index (χ1v) is 21.9. The zero-order valence-electron chi connectivity index (χ0n) is 35.3. The molecule has 63 heavy (non-hydrogen) atoms. The Morgan fingerprint density at radius 3 is 1.70 bits per heavy atom. The Labute approximate surface area is 368 Å². The minimum absolute atomic E-state index is 0.159. The third-order valence-corrected chi connectivity index (χ3v) is 13.4. The summed E-state index contributed by atoms with van der Waals surface area (Å²) in [5.74, 6) is 0. The van der Waals surface area contributed by atoms with Crippen LogP contribution in [0.15, 0.2) is 231 Å². The molecule has 0 bridgehead atoms. The molecule has 0 saturated heterocycles. The smallest absolute Gasteiger partial charge is 0.0620 e. The number of anilines is 3. The minimum atomic E-state index is -0.159. The Balaban J connectivity index is 1.12. The lowest BCUT2D eigenvalue weighted by Gasteiger charge is -2.30. The summed E-state index contributed by atoms with van der Waals surface area (Å²) >= 11 is 0. The molecule has 0 radical (unpaired) electrons. The first-order valence-electron chi connectivity index (χ1n) is 21.9. The molecular formula is C61H44N2. The van der Waals surface area contributed by atoms with E-state index in [4.69, 9.17) is 0 Å². The van der Waals surface area contributed by atoms with Gasteiger partial charge in [-0.25, -0.2) is 0 Å². The summed E-state index contributed by atoms with van der Waals surface area (Å²) in [6.07, 6.45) is 0. The van der Waals surface area contributed by atoms with Crippen LogP contribution in [-0.4, -0.2) is 4.57 Å². The van der Waals surface area contributed by atoms with Crippen LogP contribution in [0.5, 0.6) is 0 Å². The maximum atomic E-state index is 2.53. The minimum Gasteiger partial charge on any atom is -0.309 e. The second-order valence-corrected chi connectivity index (χ2v) is 17.3. The van der Waals surface area contributed by atoms with Gasteiger partial charge in [0.25, 0.3) is 0 Å². The Morgan fingerprint density at radius 1 is 0.381 bits per heavy atom. The van der Waals surface area contributed by atoms with Crippen molar-refractivity contribution in [3.05, 3.63) is 242 Å². The van der Waals surface area contributed by atoms with Crippen LogP contribution in [0.1, 0.15) is 25.0 Å². The summed E-state index contributed by atoms with van der Waals surface area (Å²) in [4.78, 5) is 2.53. The average Bonchev–Trinajstić information content (AvgIpc) is 3.81. The zero-order chi connectivity index (χ0) is 42.1. The van der Waals surface area contributed by atoms with Gasteiger partial charge in [-0.3, -0.25) is 0 Å². The van der Waals surface area contributed by atoms with Gasteiger partial charge >= 0.3 is 0 Å². The van der Waals surface area contributed by atoms with Gasteiger partial charge in [-0.1, -0.05) is 202 Å². The van der Waals surface area contributed by atoms with Gasteiger partial charge in [0, 0.05) is 38.5 Å². The van der Waals surface area contributed by atoms with E-state index in [0.29, 0.717) is 0 Å². The van der Waals surface area contributed by atoms with E-state index < -0.39 is 0 Å². The lowest BCUT2D eigenvalue weighted by molar-refractivity contribution is 0.660. The molecule has 1 aliphatic rings. The van der Waals surface area contributed by atoms with Crippen LogP contribution in [0.4, 0.5) is 17.1 Å². The van der Waals surface area contributed by atoms with Crippen molar-refractivity contribution in [3.8, 4) is 50.2 Å². The summed E-state index contributed by atoms with van der Waals surface area (Å²) in [6, 6.07) is 84.7. The molecule has 298 valence electrons. The van der Waals surface area contributed by atoms with E-state index in [-0.39, 0.29) is 5.41 Å². The van der Waals surface area contributed by atoms with Gasteiger partial charge in [0.05, 0.1) is 22.4 Å². The molecule has 0 amide bonds. The van der Waals surface area contributed by atoms with Crippen LogP contribution in [-0.2, 0) is 5.41 Å². The number of hydrogen-bond donors (Lipinski definition) is 0. The Bertz CT molecular complexity index is 3500. The normalized spacial score (nSPS) is 12.7. The van der Waals surface area contributed by atoms with Crippen LogP contribution in [0.3, 0.4) is 0 Å². The van der Waals surface area contributed by atoms with Crippen molar-refractivity contribution in [3.63, 3.8) is 0 Å². The van der Waals surface area contributed by atoms with Gasteiger partial charge in [-0.05, 0) is 97.9 Å². The maximum Gasteiger partial charge on any atom is 0.0620 e. The van der Waals surface area contributed by atoms with Crippen LogP contribution < -0.4 is 4.90 Å². The van der Waals surface area contributed by atoms with Gasteiger partial charge in [0.2, 0.25) is 0 Å². The summed E-state index contributed by atoms with van der Waals surface area (Å²) in [7, 11) is 0. The van der Waals surface area contributed by atoms with Crippen molar-refractivity contribution in [1.82, 2.24) is 4.57 Å². The summed E-state index contributed by atoms with van der Waals surface area (Å²) < 4.78 is 2.49. The molecule has 10 aromatic carbocycles. The number of rotatable bonds is 7. The largest absolute Gasteiger partial charge is 0.309 e. The van der Waals surface area contributed by atoms with E-state index in [9.17, 15) is 0 Å². The fourth-order valence-electron chi connectivity index (χ4n) is 10.3. The number of fused-ring (bicyclic) bond motifs is 8. The van der Waals surface area contributed by atoms with Gasteiger partial charge in [0.1, 0.15) is 0 Å². The number of benzene rings is 10. The molecule has 2 heteroatoms. The van der Waals surface area contributed by atoms with E-state index in [0.717, 1.165) is 28.3 Å². The Kier molecular flexibility index (Phi) is 8.55. The molecule has 0 fully saturated rings. The molecule has 1 aliphatic carbocycles. The van der Waals surface area contributed by atoms with Crippen molar-refractivity contribution in [2.24, 2.45) is 0 Å². The summed E-state index contributed by atoms with van der Waals surface area (Å²) in [5.41, 5.74) is 19.2. The van der Waals surface area contributed by atoms with Crippen LogP contribution in [0.25, 0.3) is 82.8 Å². The maximum absolute atomic E-state index is 2.53. The molecule has 0 unspecified atom stereocenters. The number of hydrogen-bond acceptors (Lipinski definition) is 1. The first-order chi connectivity index (χ1) is 31.0. The molecule has 12 rings (SSSR count). The monoisotopic (exact) mass is 804 g/mol. The van der Waals surface area contributed by atoms with Crippen molar-refractivity contribution in [2.75, 3.05) is 4.90 Å². The van der Waals surface area contributed by atoms with Crippen LogP contribution >= 0.6 is 0 Å². The Morgan fingerprint density at radius 2 is 0.952 bits per heavy atom. The lowest BCUT2D eigenvalue weighted by Crippen LogP contribution is -2.17. The van der Waals surface area contributed by atoms with Crippen molar-refractivity contribution in [1.29, 1.82) is 0 Å². The predicted molar refractivity (Wildman–Crippen MR) is 267 cm³/mol. The van der Waals surface area contributed by atoms with Crippen LogP contribution in [0, 0.1) is 0 Å². The van der Waals surface area contributed by atoms with Crippen molar-refractivity contribution in [2.45, 2.75) is 19.3 Å². The number of aromatic nitrogens is 1. The molecular weight excluding hydrogens is 761 g/mol. The van der Waals surface area contributed by atoms with Gasteiger partial charge in [0.15, 0.2) is 0 Å². The molecule has 11 aromatic rings. The predicted octanol–water partition coefficient (Wildman–Crippen LogP) is 16.7. The number of para-hydroxylation sites is 1. The molecule has 0 atom stereocenters. The van der Waals surface area contributed by atoms with Gasteiger partial charge in [-0.15, -0.1) is 0 Å². The fraction of sp³-hybridized carbons (Fsp3) is 0.0492. The lowest BCUT2D eigenvalue weighted by atomic mass is 9.82. The van der Waals surface area contributed by atoms with E-state index >= 15 is 0 Å². The zero-order valence-corrected chi connectivity index (χ0v) is 35.3. The molecule has 1 aromatic heterocycles. The molecule has 0 N–H and O–H groups in total. The third kappa shape index (κ3) is 5.94. The third-order valence-electron chi connectivity index (χ3n) is 13.4. The SMILES string of the molecule is CC1(C)c2ccccc2-c2ccc(N(c3ccccc3-c3ccc(-c4ccccc4)cc3)c3cccc4c3c3ccc5ccccc5c3n4-c3ccc(-c4ccccc4)cc3)cc21. The standard InChI is InChI=1S/C61H44N2/c1-61(2)54-24-13-11-23-51(54)52-39-37-48(40-55(52)61)62(56-25-14-12-21-49(56)46-30-28-43(29-31-46)41-16-5-3-6-17-41)57-26-15-27-58-59(57)53-38-34-45-20-9-10-22-50(45)60(53)63(58)47-35-32-44(33-36-47)42-18-7-4-8-19-42/h3-40H,1-2H3. The van der Waals surface area contributed by atoms with Crippen molar-refractivity contribution < 1.29 is 0 Å². The highest BCUT2D eigenvalue weighted by Gasteiger charge is 2.36. The van der Waals surface area contributed by atoms with E-state index in [2.05, 4.69) is 254 Å². The Hall–Kier alpha value is -7.94. The molecule has 0 spiro atoms. The molecule has 1 heterocycles. The van der Waals surface area contributed by atoms with Crippen molar-refractivity contribution >= 4 is 49.6 Å². The molecule has 0 aliphatic heterocycles. The topological polar surface area (TPSA) is 8.17 Å². The molecule has 0 saturated carbocycles. The van der Waals surface area contributed by atoms with Gasteiger partial charge < -0.3 is 9.47 Å². The van der Waals surface area contributed by atoms with E-state index in [1.165, 1.54) is 82.7 Å². The summed E-state index contributed by atoms with van der Waals surface area (Å²) in [5, 5.41) is 4.88. The van der Waals surface area contributed by atoms with Crippen LogP contribution in [0.2, 0.25) is 0 Å². The molecule has 2 nitrogen and oxygen atoms in total. The number of nitrogens with zero attached hydrogens (tertiary/aromatic N) is 2.